The zero-order valence-corrected chi connectivity index (χ0v) is 24.0. The first-order valence-corrected chi connectivity index (χ1v) is 14.0. The molecule has 0 unspecified atom stereocenters. The second-order valence-corrected chi connectivity index (χ2v) is 10.0. The van der Waals surface area contributed by atoms with Crippen LogP contribution in [0.25, 0.3) is 10.9 Å². The Bertz CT molecular complexity index is 1710. The highest BCUT2D eigenvalue weighted by atomic mass is 16.5. The number of hydrogen-bond acceptors (Lipinski definition) is 10. The fraction of sp³-hybridized carbons (Fsp3) is 0.219. The molecule has 2 N–H and O–H groups in total. The summed E-state index contributed by atoms with van der Waals surface area (Å²) in [6.07, 6.45) is 3.54. The summed E-state index contributed by atoms with van der Waals surface area (Å²) in [5.41, 5.74) is 2.51. The van der Waals surface area contributed by atoms with Gasteiger partial charge < -0.3 is 25.0 Å². The van der Waals surface area contributed by atoms with Crippen LogP contribution in [0.15, 0.2) is 85.2 Å². The Balaban J connectivity index is 1.24. The third-order valence-electron chi connectivity index (χ3n) is 7.28. The predicted molar refractivity (Wildman–Crippen MR) is 166 cm³/mol. The summed E-state index contributed by atoms with van der Waals surface area (Å²) in [7, 11) is 3.14. The summed E-state index contributed by atoms with van der Waals surface area (Å²) >= 11 is 0. The van der Waals surface area contributed by atoms with Gasteiger partial charge in [0, 0.05) is 61.7 Å². The SMILES string of the molecule is COc1cc(Nc2nc(CN3CCN(c4ncccn4)CC3)nc3ccccc23)c(OC)cc1NC(=O)c1ccccc1. The molecule has 11 heteroatoms. The van der Waals surface area contributed by atoms with Gasteiger partial charge in [-0.2, -0.15) is 0 Å². The maximum atomic E-state index is 12.8. The van der Waals surface area contributed by atoms with Gasteiger partial charge in [0.15, 0.2) is 0 Å². The number of carbonyl (C=O) groups excluding carboxylic acids is 1. The number of anilines is 4. The van der Waals surface area contributed by atoms with Gasteiger partial charge in [0.25, 0.3) is 5.91 Å². The van der Waals surface area contributed by atoms with Crippen LogP contribution in [-0.4, -0.2) is 71.1 Å². The van der Waals surface area contributed by atoms with Gasteiger partial charge in [0.1, 0.15) is 23.1 Å². The fourth-order valence-electron chi connectivity index (χ4n) is 5.06. The summed E-state index contributed by atoms with van der Waals surface area (Å²) in [6.45, 7) is 3.95. The molecule has 11 nitrogen and oxygen atoms in total. The van der Waals surface area contributed by atoms with E-state index in [-0.39, 0.29) is 5.91 Å². The van der Waals surface area contributed by atoms with Crippen molar-refractivity contribution in [2.24, 2.45) is 0 Å². The van der Waals surface area contributed by atoms with E-state index < -0.39 is 0 Å². The molecule has 43 heavy (non-hydrogen) atoms. The fourth-order valence-corrected chi connectivity index (χ4v) is 5.06. The lowest BCUT2D eigenvalue weighted by Gasteiger charge is -2.34. The minimum absolute atomic E-state index is 0.245. The van der Waals surface area contributed by atoms with Gasteiger partial charge in [-0.1, -0.05) is 30.3 Å². The summed E-state index contributed by atoms with van der Waals surface area (Å²) in [5, 5.41) is 7.25. The smallest absolute Gasteiger partial charge is 0.255 e. The molecular weight excluding hydrogens is 544 g/mol. The molecule has 1 aliphatic rings. The van der Waals surface area contributed by atoms with E-state index in [9.17, 15) is 4.79 Å². The van der Waals surface area contributed by atoms with E-state index in [0.717, 1.165) is 43.0 Å². The number of para-hydroxylation sites is 1. The number of rotatable bonds is 9. The van der Waals surface area contributed by atoms with Crippen molar-refractivity contribution in [1.29, 1.82) is 0 Å². The molecule has 218 valence electrons. The van der Waals surface area contributed by atoms with E-state index in [1.54, 1.807) is 50.9 Å². The maximum absolute atomic E-state index is 12.8. The van der Waals surface area contributed by atoms with E-state index in [1.165, 1.54) is 0 Å². The van der Waals surface area contributed by atoms with Crippen LogP contribution in [0.2, 0.25) is 0 Å². The molecule has 0 saturated carbocycles. The van der Waals surface area contributed by atoms with Crippen LogP contribution in [0.3, 0.4) is 0 Å². The predicted octanol–water partition coefficient (Wildman–Crippen LogP) is 4.76. The van der Waals surface area contributed by atoms with E-state index in [1.807, 2.05) is 48.5 Å². The average molecular weight is 577 g/mol. The molecule has 1 saturated heterocycles. The van der Waals surface area contributed by atoms with E-state index in [0.29, 0.717) is 46.6 Å². The van der Waals surface area contributed by atoms with Crippen LogP contribution in [0.5, 0.6) is 11.5 Å². The molecule has 6 rings (SSSR count). The lowest BCUT2D eigenvalue weighted by atomic mass is 10.1. The van der Waals surface area contributed by atoms with Gasteiger partial charge in [-0.05, 0) is 30.3 Å². The van der Waals surface area contributed by atoms with Crippen molar-refractivity contribution in [3.05, 3.63) is 96.6 Å². The topological polar surface area (TPSA) is 118 Å². The molecule has 1 amide bonds. The Morgan fingerprint density at radius 3 is 2.23 bits per heavy atom. The summed E-state index contributed by atoms with van der Waals surface area (Å²) in [4.78, 5) is 35.9. The van der Waals surface area contributed by atoms with Crippen molar-refractivity contribution in [3.63, 3.8) is 0 Å². The van der Waals surface area contributed by atoms with Crippen molar-refractivity contribution < 1.29 is 14.3 Å². The van der Waals surface area contributed by atoms with Gasteiger partial charge in [-0.15, -0.1) is 0 Å². The molecule has 0 bridgehead atoms. The molecule has 1 fully saturated rings. The minimum Gasteiger partial charge on any atom is -0.494 e. The lowest BCUT2D eigenvalue weighted by Crippen LogP contribution is -2.46. The second kappa shape index (κ2) is 12.7. The number of amides is 1. The number of hydrogen-bond donors (Lipinski definition) is 2. The van der Waals surface area contributed by atoms with Crippen molar-refractivity contribution in [3.8, 4) is 11.5 Å². The number of ether oxygens (including phenoxy) is 2. The molecule has 3 heterocycles. The van der Waals surface area contributed by atoms with Gasteiger partial charge >= 0.3 is 0 Å². The van der Waals surface area contributed by atoms with Crippen LogP contribution < -0.4 is 25.0 Å². The van der Waals surface area contributed by atoms with E-state index in [2.05, 4.69) is 30.4 Å². The largest absolute Gasteiger partial charge is 0.494 e. The van der Waals surface area contributed by atoms with Crippen LogP contribution in [0.4, 0.5) is 23.1 Å². The molecule has 2 aromatic heterocycles. The normalized spacial score (nSPS) is 13.5. The van der Waals surface area contributed by atoms with Gasteiger partial charge in [-0.25, -0.2) is 19.9 Å². The Labute approximate surface area is 249 Å². The number of methoxy groups -OCH3 is 2. The number of fused-ring (bicyclic) bond motifs is 1. The first kappa shape index (κ1) is 27.9. The molecule has 0 spiro atoms. The van der Waals surface area contributed by atoms with E-state index >= 15 is 0 Å². The molecule has 1 aliphatic heterocycles. The van der Waals surface area contributed by atoms with Crippen LogP contribution in [0.1, 0.15) is 16.2 Å². The van der Waals surface area contributed by atoms with Gasteiger partial charge in [-0.3, -0.25) is 9.69 Å². The molecule has 3 aromatic carbocycles. The number of benzene rings is 3. The quantitative estimate of drug-likeness (QED) is 0.254. The molecular formula is C32H32N8O3. The Morgan fingerprint density at radius 1 is 0.814 bits per heavy atom. The first-order chi connectivity index (χ1) is 21.1. The third kappa shape index (κ3) is 6.31. The maximum Gasteiger partial charge on any atom is 0.255 e. The standard InChI is InChI=1S/C32H32N8O3/c1-42-27-20-26(37-31(41)22-9-4-3-5-10-22)28(43-2)19-25(27)36-30-23-11-6-7-12-24(23)35-29(38-30)21-39-15-17-40(18-16-39)32-33-13-8-14-34-32/h3-14,19-20H,15-18,21H2,1-2H3,(H,37,41)(H,35,36,38). The highest BCUT2D eigenvalue weighted by Crippen LogP contribution is 2.39. The Morgan fingerprint density at radius 2 is 1.49 bits per heavy atom. The van der Waals surface area contributed by atoms with Crippen LogP contribution in [0, 0.1) is 0 Å². The summed E-state index contributed by atoms with van der Waals surface area (Å²) in [5.74, 6) is 2.87. The monoisotopic (exact) mass is 576 g/mol. The van der Waals surface area contributed by atoms with Gasteiger partial charge in [0.2, 0.25) is 5.95 Å². The van der Waals surface area contributed by atoms with Crippen molar-refractivity contribution in [2.75, 3.05) is 55.9 Å². The minimum atomic E-state index is -0.245. The zero-order valence-electron chi connectivity index (χ0n) is 24.0. The molecule has 0 atom stereocenters. The van der Waals surface area contributed by atoms with Crippen molar-refractivity contribution >= 4 is 40.0 Å². The van der Waals surface area contributed by atoms with E-state index in [4.69, 9.17) is 19.4 Å². The van der Waals surface area contributed by atoms with Crippen LogP contribution in [-0.2, 0) is 6.54 Å². The number of nitrogens with one attached hydrogen (secondary N) is 2. The number of nitrogens with zero attached hydrogens (tertiary/aromatic N) is 6. The van der Waals surface area contributed by atoms with Crippen molar-refractivity contribution in [2.45, 2.75) is 6.54 Å². The molecule has 0 radical (unpaired) electrons. The highest BCUT2D eigenvalue weighted by molar-refractivity contribution is 6.05. The Kier molecular flexibility index (Phi) is 8.23. The third-order valence-corrected chi connectivity index (χ3v) is 7.28. The Hall–Kier alpha value is -5.29. The first-order valence-electron chi connectivity index (χ1n) is 14.0. The number of carbonyl (C=O) groups is 1. The van der Waals surface area contributed by atoms with Crippen molar-refractivity contribution in [1.82, 2.24) is 24.8 Å². The average Bonchev–Trinajstić information content (AvgIpc) is 3.06. The molecule has 0 aliphatic carbocycles. The zero-order chi connectivity index (χ0) is 29.6. The summed E-state index contributed by atoms with van der Waals surface area (Å²) < 4.78 is 11.4. The number of aromatic nitrogens is 4. The highest BCUT2D eigenvalue weighted by Gasteiger charge is 2.21. The van der Waals surface area contributed by atoms with Crippen LogP contribution >= 0.6 is 0 Å². The number of piperazine rings is 1. The second-order valence-electron chi connectivity index (χ2n) is 10.0. The molecule has 5 aromatic rings. The lowest BCUT2D eigenvalue weighted by molar-refractivity contribution is 0.102. The van der Waals surface area contributed by atoms with Gasteiger partial charge in [0.05, 0.1) is 37.7 Å². The summed E-state index contributed by atoms with van der Waals surface area (Å²) in [6, 6.07) is 22.3.